The number of rotatable bonds is 8. The Morgan fingerprint density at radius 3 is 2.07 bits per heavy atom. The Labute approximate surface area is 167 Å². The lowest BCUT2D eigenvalue weighted by Crippen LogP contribution is -2.46. The van der Waals surface area contributed by atoms with Crippen molar-refractivity contribution < 1.29 is 24.3 Å². The van der Waals surface area contributed by atoms with E-state index in [1.165, 1.54) is 0 Å². The molecule has 2 aromatic rings. The Morgan fingerprint density at radius 2 is 1.52 bits per heavy atom. The first-order valence-corrected chi connectivity index (χ1v) is 9.18. The van der Waals surface area contributed by atoms with Crippen LogP contribution in [-0.4, -0.2) is 46.4 Å². The van der Waals surface area contributed by atoms with Gasteiger partial charge >= 0.3 is 5.97 Å². The standard InChI is InChI=1S/C21H21N3O5/c1-13(11-17(21(28)29)23-18(25)14-7-3-2-4-8-14)12-22-24-19(26)15-9-5-6-10-16(15)20(24)27/h2-10,13,17,22H,11-12H2,1H3,(H,23,25)(H,28,29). The van der Waals surface area contributed by atoms with Crippen molar-refractivity contribution in [1.82, 2.24) is 15.8 Å². The van der Waals surface area contributed by atoms with Gasteiger partial charge in [-0.25, -0.2) is 15.2 Å². The van der Waals surface area contributed by atoms with Crippen molar-refractivity contribution in [2.24, 2.45) is 5.92 Å². The van der Waals surface area contributed by atoms with Crippen LogP contribution in [0.2, 0.25) is 0 Å². The number of nitrogens with one attached hydrogen (secondary N) is 2. The smallest absolute Gasteiger partial charge is 0.326 e. The molecule has 0 radical (unpaired) electrons. The largest absolute Gasteiger partial charge is 0.480 e. The molecule has 2 unspecified atom stereocenters. The van der Waals surface area contributed by atoms with Gasteiger partial charge in [-0.3, -0.25) is 14.4 Å². The maximum absolute atomic E-state index is 12.3. The lowest BCUT2D eigenvalue weighted by atomic mass is 10.0. The minimum atomic E-state index is -1.15. The molecule has 1 aliphatic heterocycles. The first-order chi connectivity index (χ1) is 13.9. The molecule has 0 saturated heterocycles. The fourth-order valence-electron chi connectivity index (χ4n) is 3.12. The Balaban J connectivity index is 1.57. The lowest BCUT2D eigenvalue weighted by Gasteiger charge is -2.22. The zero-order chi connectivity index (χ0) is 21.0. The highest BCUT2D eigenvalue weighted by molar-refractivity contribution is 6.20. The van der Waals surface area contributed by atoms with Gasteiger partial charge in [0.05, 0.1) is 11.1 Å². The van der Waals surface area contributed by atoms with E-state index in [9.17, 15) is 24.3 Å². The minimum absolute atomic E-state index is 0.129. The van der Waals surface area contributed by atoms with Crippen LogP contribution in [0.15, 0.2) is 54.6 Å². The summed E-state index contributed by atoms with van der Waals surface area (Å²) < 4.78 is 0. The molecule has 3 amide bonds. The summed E-state index contributed by atoms with van der Waals surface area (Å²) >= 11 is 0. The van der Waals surface area contributed by atoms with Gasteiger partial charge in [0.15, 0.2) is 0 Å². The van der Waals surface area contributed by atoms with Crippen molar-refractivity contribution in [2.45, 2.75) is 19.4 Å². The van der Waals surface area contributed by atoms with Crippen LogP contribution < -0.4 is 10.7 Å². The van der Waals surface area contributed by atoms with Gasteiger partial charge in [-0.05, 0) is 36.6 Å². The van der Waals surface area contributed by atoms with E-state index in [0.717, 1.165) is 5.01 Å². The molecule has 0 aliphatic carbocycles. The number of amides is 3. The van der Waals surface area contributed by atoms with E-state index < -0.39 is 29.7 Å². The summed E-state index contributed by atoms with van der Waals surface area (Å²) in [6.45, 7) is 1.96. The number of hydrogen-bond acceptors (Lipinski definition) is 5. The van der Waals surface area contributed by atoms with Gasteiger partial charge in [-0.15, -0.1) is 0 Å². The van der Waals surface area contributed by atoms with Crippen LogP contribution in [0.25, 0.3) is 0 Å². The summed E-state index contributed by atoms with van der Waals surface area (Å²) in [5.74, 6) is -2.74. The molecule has 1 aliphatic rings. The van der Waals surface area contributed by atoms with Crippen LogP contribution in [0.3, 0.4) is 0 Å². The molecule has 2 aromatic carbocycles. The molecule has 2 atom stereocenters. The molecular formula is C21H21N3O5. The highest BCUT2D eigenvalue weighted by atomic mass is 16.4. The highest BCUT2D eigenvalue weighted by Gasteiger charge is 2.35. The number of hydrogen-bond donors (Lipinski definition) is 3. The number of imide groups is 1. The van der Waals surface area contributed by atoms with Crippen molar-refractivity contribution in [2.75, 3.05) is 6.54 Å². The zero-order valence-corrected chi connectivity index (χ0v) is 15.8. The van der Waals surface area contributed by atoms with Crippen LogP contribution in [0.1, 0.15) is 44.4 Å². The number of benzene rings is 2. The van der Waals surface area contributed by atoms with E-state index in [-0.39, 0.29) is 18.9 Å². The molecule has 0 spiro atoms. The van der Waals surface area contributed by atoms with Crippen LogP contribution in [0.5, 0.6) is 0 Å². The molecule has 150 valence electrons. The minimum Gasteiger partial charge on any atom is -0.480 e. The van der Waals surface area contributed by atoms with Crippen LogP contribution >= 0.6 is 0 Å². The number of carboxylic acid groups (broad SMARTS) is 1. The molecule has 0 fully saturated rings. The third-order valence-electron chi connectivity index (χ3n) is 4.67. The van der Waals surface area contributed by atoms with Gasteiger partial charge < -0.3 is 10.4 Å². The molecule has 8 heteroatoms. The van der Waals surface area contributed by atoms with Gasteiger partial charge in [-0.1, -0.05) is 37.3 Å². The van der Waals surface area contributed by atoms with E-state index in [0.29, 0.717) is 16.7 Å². The van der Waals surface area contributed by atoms with Gasteiger partial charge in [0.2, 0.25) is 0 Å². The van der Waals surface area contributed by atoms with E-state index in [1.54, 1.807) is 61.5 Å². The predicted octanol–water partition coefficient (Wildman–Crippen LogP) is 1.70. The molecule has 3 rings (SSSR count). The van der Waals surface area contributed by atoms with E-state index >= 15 is 0 Å². The zero-order valence-electron chi connectivity index (χ0n) is 15.8. The lowest BCUT2D eigenvalue weighted by molar-refractivity contribution is -0.139. The molecule has 1 heterocycles. The third kappa shape index (κ3) is 4.49. The first-order valence-electron chi connectivity index (χ1n) is 9.18. The molecule has 29 heavy (non-hydrogen) atoms. The van der Waals surface area contributed by atoms with Crippen LogP contribution in [-0.2, 0) is 4.79 Å². The Kier molecular flexibility index (Phi) is 6.04. The number of carboxylic acids is 1. The van der Waals surface area contributed by atoms with Crippen molar-refractivity contribution in [3.8, 4) is 0 Å². The van der Waals surface area contributed by atoms with E-state index in [4.69, 9.17) is 0 Å². The second-order valence-electron chi connectivity index (χ2n) is 6.92. The SMILES string of the molecule is CC(CNN1C(=O)c2ccccc2C1=O)CC(NC(=O)c1ccccc1)C(=O)O. The van der Waals surface area contributed by atoms with Crippen molar-refractivity contribution >= 4 is 23.7 Å². The second-order valence-corrected chi connectivity index (χ2v) is 6.92. The molecule has 0 aromatic heterocycles. The normalized spacial score (nSPS) is 15.0. The summed E-state index contributed by atoms with van der Waals surface area (Å²) in [4.78, 5) is 48.5. The molecule has 8 nitrogen and oxygen atoms in total. The van der Waals surface area contributed by atoms with Crippen molar-refractivity contribution in [1.29, 1.82) is 0 Å². The fourth-order valence-corrected chi connectivity index (χ4v) is 3.12. The summed E-state index contributed by atoms with van der Waals surface area (Å²) in [5, 5.41) is 12.9. The average molecular weight is 395 g/mol. The fraction of sp³-hybridized carbons (Fsp3) is 0.238. The number of aliphatic carboxylic acids is 1. The van der Waals surface area contributed by atoms with Crippen molar-refractivity contribution in [3.63, 3.8) is 0 Å². The first kappa shape index (κ1) is 20.2. The Morgan fingerprint density at radius 1 is 0.966 bits per heavy atom. The number of carbonyl (C=O) groups excluding carboxylic acids is 3. The van der Waals surface area contributed by atoms with Gasteiger partial charge in [0, 0.05) is 12.1 Å². The van der Waals surface area contributed by atoms with E-state index in [2.05, 4.69) is 10.7 Å². The van der Waals surface area contributed by atoms with E-state index in [1.807, 2.05) is 0 Å². The van der Waals surface area contributed by atoms with Crippen molar-refractivity contribution in [3.05, 3.63) is 71.3 Å². The summed E-state index contributed by atoms with van der Waals surface area (Å²) in [7, 11) is 0. The molecular weight excluding hydrogens is 374 g/mol. The summed E-state index contributed by atoms with van der Waals surface area (Å²) in [6.07, 6.45) is 0.129. The van der Waals surface area contributed by atoms with Crippen LogP contribution in [0.4, 0.5) is 0 Å². The average Bonchev–Trinajstić information content (AvgIpc) is 2.97. The number of nitrogens with zero attached hydrogens (tertiary/aromatic N) is 1. The maximum atomic E-state index is 12.3. The van der Waals surface area contributed by atoms with Crippen LogP contribution in [0, 0.1) is 5.92 Å². The summed E-state index contributed by atoms with van der Waals surface area (Å²) in [5.41, 5.74) is 3.82. The second kappa shape index (κ2) is 8.66. The number of carbonyl (C=O) groups is 4. The Hall–Kier alpha value is -3.52. The maximum Gasteiger partial charge on any atom is 0.326 e. The summed E-state index contributed by atoms with van der Waals surface area (Å²) in [6, 6.07) is 13.8. The topological polar surface area (TPSA) is 116 Å². The third-order valence-corrected chi connectivity index (χ3v) is 4.67. The molecule has 0 saturated carbocycles. The Bertz CT molecular complexity index is 909. The number of hydrazine groups is 1. The monoisotopic (exact) mass is 395 g/mol. The molecule has 0 bridgehead atoms. The molecule has 3 N–H and O–H groups in total. The highest BCUT2D eigenvalue weighted by Crippen LogP contribution is 2.21. The van der Waals surface area contributed by atoms with Gasteiger partial charge in [0.1, 0.15) is 6.04 Å². The quantitative estimate of drug-likeness (QED) is 0.586. The number of fused-ring (bicyclic) bond motifs is 1. The predicted molar refractivity (Wildman–Crippen MR) is 104 cm³/mol. The van der Waals surface area contributed by atoms with Gasteiger partial charge in [0.25, 0.3) is 17.7 Å². The van der Waals surface area contributed by atoms with Gasteiger partial charge in [-0.2, -0.15) is 0 Å².